The van der Waals surface area contributed by atoms with Gasteiger partial charge < -0.3 is 14.2 Å². The first-order valence-electron chi connectivity index (χ1n) is 12.1. The van der Waals surface area contributed by atoms with Crippen LogP contribution in [0.4, 0.5) is 0 Å². The zero-order valence-corrected chi connectivity index (χ0v) is 19.2. The second-order valence-corrected chi connectivity index (χ2v) is 9.70. The number of carbonyl (C=O) groups is 1. The summed E-state index contributed by atoms with van der Waals surface area (Å²) in [5, 5.41) is 5.83. The number of ether oxygens (including phenoxy) is 1. The average Bonchev–Trinajstić information content (AvgIpc) is 3.47. The van der Waals surface area contributed by atoms with Crippen molar-refractivity contribution in [3.8, 4) is 11.1 Å². The van der Waals surface area contributed by atoms with E-state index < -0.39 is 0 Å². The van der Waals surface area contributed by atoms with Crippen LogP contribution in [0, 0.1) is 11.8 Å². The number of amides is 1. The Kier molecular flexibility index (Phi) is 6.05. The Morgan fingerprint density at radius 1 is 1.12 bits per heavy atom. The highest BCUT2D eigenvalue weighted by molar-refractivity contribution is 5.85. The zero-order valence-electron chi connectivity index (χ0n) is 19.2. The van der Waals surface area contributed by atoms with Crippen LogP contribution in [0.2, 0.25) is 0 Å². The quantitative estimate of drug-likeness (QED) is 0.561. The molecule has 2 aliphatic heterocycles. The van der Waals surface area contributed by atoms with E-state index in [1.807, 2.05) is 29.6 Å². The van der Waals surface area contributed by atoms with E-state index in [9.17, 15) is 4.79 Å². The Morgan fingerprint density at radius 3 is 2.72 bits per heavy atom. The smallest absolute Gasteiger partial charge is 0.225 e. The third kappa shape index (κ3) is 4.33. The highest BCUT2D eigenvalue weighted by Gasteiger charge is 2.24. The Labute approximate surface area is 190 Å². The van der Waals surface area contributed by atoms with Gasteiger partial charge in [-0.1, -0.05) is 19.9 Å². The molecule has 2 saturated heterocycles. The van der Waals surface area contributed by atoms with E-state index in [0.717, 1.165) is 57.5 Å². The lowest BCUT2D eigenvalue weighted by molar-refractivity contribution is -0.135. The van der Waals surface area contributed by atoms with E-state index in [1.54, 1.807) is 0 Å². The summed E-state index contributed by atoms with van der Waals surface area (Å²) < 4.78 is 10.2. The zero-order chi connectivity index (χ0) is 22.1. The number of hydrogen-bond donors (Lipinski definition) is 0. The van der Waals surface area contributed by atoms with Crippen molar-refractivity contribution in [2.75, 3.05) is 19.7 Å². The van der Waals surface area contributed by atoms with Gasteiger partial charge in [0, 0.05) is 61.0 Å². The molecule has 5 rings (SSSR count). The standard InChI is InChI=1S/C26H34N4O2/c1-19(2)26(31)28-11-8-20(9-12-28)17-29-13-10-22-15-21(6-7-24(22)29)23-16-27-30(18-23)25-5-3-4-14-32-25/h6-7,10,13,15-16,18-20,25H,3-5,8-9,11-12,14,17H2,1-2H3. The van der Waals surface area contributed by atoms with Crippen molar-refractivity contribution in [3.63, 3.8) is 0 Å². The van der Waals surface area contributed by atoms with Crippen molar-refractivity contribution in [1.29, 1.82) is 0 Å². The van der Waals surface area contributed by atoms with E-state index in [1.165, 1.54) is 22.9 Å². The van der Waals surface area contributed by atoms with Gasteiger partial charge in [-0.3, -0.25) is 4.79 Å². The fourth-order valence-corrected chi connectivity index (χ4v) is 5.10. The van der Waals surface area contributed by atoms with Gasteiger partial charge in [-0.2, -0.15) is 5.10 Å². The van der Waals surface area contributed by atoms with Gasteiger partial charge in [0.25, 0.3) is 0 Å². The first kappa shape index (κ1) is 21.3. The van der Waals surface area contributed by atoms with Gasteiger partial charge >= 0.3 is 0 Å². The minimum absolute atomic E-state index is 0.0737. The fraction of sp³-hybridized carbons (Fsp3) is 0.538. The SMILES string of the molecule is CC(C)C(=O)N1CCC(Cn2ccc3cc(-c4cnn(C5CCCCO5)c4)ccc32)CC1. The highest BCUT2D eigenvalue weighted by Crippen LogP contribution is 2.29. The number of piperidine rings is 1. The van der Waals surface area contributed by atoms with Crippen LogP contribution in [0.3, 0.4) is 0 Å². The van der Waals surface area contributed by atoms with E-state index in [0.29, 0.717) is 11.8 Å². The predicted molar refractivity (Wildman–Crippen MR) is 126 cm³/mol. The molecule has 0 N–H and O–H groups in total. The average molecular weight is 435 g/mol. The lowest BCUT2D eigenvalue weighted by Gasteiger charge is -2.33. The van der Waals surface area contributed by atoms with Crippen molar-refractivity contribution in [2.24, 2.45) is 11.8 Å². The summed E-state index contributed by atoms with van der Waals surface area (Å²) in [6, 6.07) is 8.91. The number of carbonyl (C=O) groups excluding carboxylic acids is 1. The molecule has 2 fully saturated rings. The molecule has 4 heterocycles. The molecule has 1 amide bonds. The fourth-order valence-electron chi connectivity index (χ4n) is 5.10. The van der Waals surface area contributed by atoms with Gasteiger partial charge in [0.15, 0.2) is 0 Å². The molecule has 0 bridgehead atoms. The number of hydrogen-bond acceptors (Lipinski definition) is 3. The van der Waals surface area contributed by atoms with Gasteiger partial charge in [-0.15, -0.1) is 0 Å². The molecule has 1 aromatic carbocycles. The lowest BCUT2D eigenvalue weighted by atomic mass is 9.95. The molecule has 1 unspecified atom stereocenters. The van der Waals surface area contributed by atoms with E-state index in [-0.39, 0.29) is 12.1 Å². The minimum atomic E-state index is 0.0737. The Hall–Kier alpha value is -2.60. The van der Waals surface area contributed by atoms with Crippen LogP contribution >= 0.6 is 0 Å². The number of rotatable bonds is 5. The molecule has 32 heavy (non-hydrogen) atoms. The molecule has 3 aromatic rings. The van der Waals surface area contributed by atoms with Gasteiger partial charge in [0.05, 0.1) is 6.20 Å². The van der Waals surface area contributed by atoms with E-state index in [2.05, 4.69) is 46.3 Å². The Balaban J connectivity index is 1.26. The van der Waals surface area contributed by atoms with Crippen molar-refractivity contribution in [3.05, 3.63) is 42.9 Å². The molecule has 1 atom stereocenters. The molecular formula is C26H34N4O2. The second-order valence-electron chi connectivity index (χ2n) is 9.70. The largest absolute Gasteiger partial charge is 0.357 e. The van der Waals surface area contributed by atoms with E-state index in [4.69, 9.17) is 4.74 Å². The maximum Gasteiger partial charge on any atom is 0.225 e. The summed E-state index contributed by atoms with van der Waals surface area (Å²) in [5.74, 6) is 1.01. The minimum Gasteiger partial charge on any atom is -0.357 e. The molecule has 0 aliphatic carbocycles. The monoisotopic (exact) mass is 434 g/mol. The van der Waals surface area contributed by atoms with Crippen molar-refractivity contribution >= 4 is 16.8 Å². The second kappa shape index (κ2) is 9.10. The van der Waals surface area contributed by atoms with Crippen molar-refractivity contribution in [1.82, 2.24) is 19.2 Å². The number of nitrogens with zero attached hydrogens (tertiary/aromatic N) is 4. The molecule has 0 saturated carbocycles. The molecule has 170 valence electrons. The maximum atomic E-state index is 12.2. The molecule has 2 aromatic heterocycles. The van der Waals surface area contributed by atoms with Gasteiger partial charge in [-0.05, 0) is 61.8 Å². The lowest BCUT2D eigenvalue weighted by Crippen LogP contribution is -2.41. The molecule has 6 nitrogen and oxygen atoms in total. The summed E-state index contributed by atoms with van der Waals surface area (Å²) >= 11 is 0. The van der Waals surface area contributed by atoms with Gasteiger partial charge in [-0.25, -0.2) is 4.68 Å². The van der Waals surface area contributed by atoms with Crippen molar-refractivity contribution < 1.29 is 9.53 Å². The number of benzene rings is 1. The number of aromatic nitrogens is 3. The topological polar surface area (TPSA) is 52.3 Å². The third-order valence-electron chi connectivity index (χ3n) is 7.03. The Morgan fingerprint density at radius 2 is 1.97 bits per heavy atom. The first-order chi connectivity index (χ1) is 15.6. The molecule has 2 aliphatic rings. The first-order valence-corrected chi connectivity index (χ1v) is 12.1. The predicted octanol–water partition coefficient (Wildman–Crippen LogP) is 5.10. The summed E-state index contributed by atoms with van der Waals surface area (Å²) in [4.78, 5) is 14.3. The van der Waals surface area contributed by atoms with Crippen LogP contribution in [0.5, 0.6) is 0 Å². The molecule has 0 radical (unpaired) electrons. The third-order valence-corrected chi connectivity index (χ3v) is 7.03. The van der Waals surface area contributed by atoms with Crippen LogP contribution in [0.25, 0.3) is 22.0 Å². The van der Waals surface area contributed by atoms with Crippen LogP contribution in [-0.4, -0.2) is 44.9 Å². The molecular weight excluding hydrogens is 400 g/mol. The van der Waals surface area contributed by atoms with Crippen LogP contribution in [-0.2, 0) is 16.1 Å². The van der Waals surface area contributed by atoms with E-state index >= 15 is 0 Å². The summed E-state index contributed by atoms with van der Waals surface area (Å²) in [6.07, 6.45) is 11.9. The molecule has 6 heteroatoms. The Bertz CT molecular complexity index is 1070. The van der Waals surface area contributed by atoms with Crippen molar-refractivity contribution in [2.45, 2.75) is 58.7 Å². The van der Waals surface area contributed by atoms with Gasteiger partial charge in [0.2, 0.25) is 5.91 Å². The highest BCUT2D eigenvalue weighted by atomic mass is 16.5. The van der Waals surface area contributed by atoms with Crippen LogP contribution in [0.15, 0.2) is 42.9 Å². The summed E-state index contributed by atoms with van der Waals surface area (Å²) in [6.45, 7) is 7.60. The van der Waals surface area contributed by atoms with Gasteiger partial charge in [0.1, 0.15) is 6.23 Å². The number of likely N-dealkylation sites (tertiary alicyclic amines) is 1. The van der Waals surface area contributed by atoms with Crippen LogP contribution < -0.4 is 0 Å². The number of fused-ring (bicyclic) bond motifs is 1. The summed E-state index contributed by atoms with van der Waals surface area (Å²) in [5.41, 5.74) is 3.60. The summed E-state index contributed by atoms with van der Waals surface area (Å²) in [7, 11) is 0. The molecule has 0 spiro atoms. The van der Waals surface area contributed by atoms with Crippen LogP contribution in [0.1, 0.15) is 52.2 Å². The normalized spacial score (nSPS) is 20.3. The maximum absolute atomic E-state index is 12.2.